The van der Waals surface area contributed by atoms with Gasteiger partial charge in [0.15, 0.2) is 5.58 Å². The molecule has 0 unspecified atom stereocenters. The van der Waals surface area contributed by atoms with Gasteiger partial charge in [0.05, 0.1) is 23.6 Å². The molecule has 1 saturated heterocycles. The van der Waals surface area contributed by atoms with Crippen LogP contribution in [0.1, 0.15) is 0 Å². The molecular weight excluding hydrogens is 310 g/mol. The largest absolute Gasteiger partial charge is 0.417 e. The predicted octanol–water partition coefficient (Wildman–Crippen LogP) is -0.268. The molecule has 0 bridgehead atoms. The fourth-order valence-electron chi connectivity index (χ4n) is 2.34. The Labute approximate surface area is 127 Å². The van der Waals surface area contributed by atoms with Crippen LogP contribution in [0.3, 0.4) is 0 Å². The van der Waals surface area contributed by atoms with Crippen molar-refractivity contribution in [2.75, 3.05) is 39.4 Å². The Bertz CT molecular complexity index is 804. The van der Waals surface area contributed by atoms with Crippen molar-refractivity contribution in [3.05, 3.63) is 28.7 Å². The number of morpholine rings is 1. The molecule has 9 heteroatoms. The van der Waals surface area contributed by atoms with Crippen LogP contribution >= 0.6 is 0 Å². The number of hydrogen-bond donors (Lipinski definition) is 2. The summed E-state index contributed by atoms with van der Waals surface area (Å²) >= 11 is 0. The van der Waals surface area contributed by atoms with E-state index < -0.39 is 15.8 Å². The Morgan fingerprint density at radius 3 is 2.82 bits per heavy atom. The maximum atomic E-state index is 12.2. The van der Waals surface area contributed by atoms with Crippen molar-refractivity contribution < 1.29 is 17.6 Å². The highest BCUT2D eigenvalue weighted by atomic mass is 32.2. The molecule has 2 heterocycles. The van der Waals surface area contributed by atoms with Crippen molar-refractivity contribution in [3.8, 4) is 0 Å². The molecule has 0 aliphatic carbocycles. The highest BCUT2D eigenvalue weighted by Crippen LogP contribution is 2.16. The summed E-state index contributed by atoms with van der Waals surface area (Å²) in [6.45, 7) is 3.91. The molecule has 120 valence electrons. The number of nitrogens with one attached hydrogen (secondary N) is 2. The molecular formula is C13H17N3O5S. The summed E-state index contributed by atoms with van der Waals surface area (Å²) in [5, 5.41) is 0. The van der Waals surface area contributed by atoms with Crippen LogP contribution < -0.4 is 10.5 Å². The quantitative estimate of drug-likeness (QED) is 0.783. The Balaban J connectivity index is 1.66. The fourth-order valence-corrected chi connectivity index (χ4v) is 3.38. The van der Waals surface area contributed by atoms with Gasteiger partial charge in [0.25, 0.3) is 0 Å². The number of benzene rings is 1. The van der Waals surface area contributed by atoms with Crippen molar-refractivity contribution in [2.45, 2.75) is 4.90 Å². The average Bonchev–Trinajstić information content (AvgIpc) is 2.87. The predicted molar refractivity (Wildman–Crippen MR) is 79.3 cm³/mol. The number of aromatic amines is 1. The van der Waals surface area contributed by atoms with Crippen LogP contribution in [0.2, 0.25) is 0 Å². The van der Waals surface area contributed by atoms with Crippen LogP contribution in [0, 0.1) is 0 Å². The van der Waals surface area contributed by atoms with Gasteiger partial charge in [0.1, 0.15) is 0 Å². The highest BCUT2D eigenvalue weighted by Gasteiger charge is 2.17. The molecule has 2 aromatic rings. The molecule has 1 aromatic heterocycles. The number of sulfonamides is 1. The van der Waals surface area contributed by atoms with Gasteiger partial charge < -0.3 is 9.15 Å². The van der Waals surface area contributed by atoms with Gasteiger partial charge in [-0.1, -0.05) is 0 Å². The highest BCUT2D eigenvalue weighted by molar-refractivity contribution is 7.89. The van der Waals surface area contributed by atoms with E-state index in [0.717, 1.165) is 13.1 Å². The molecule has 8 nitrogen and oxygen atoms in total. The number of fused-ring (bicyclic) bond motifs is 1. The van der Waals surface area contributed by atoms with Crippen molar-refractivity contribution in [3.63, 3.8) is 0 Å². The maximum absolute atomic E-state index is 12.2. The lowest BCUT2D eigenvalue weighted by molar-refractivity contribution is 0.0390. The minimum atomic E-state index is -3.63. The van der Waals surface area contributed by atoms with Crippen molar-refractivity contribution in [1.29, 1.82) is 0 Å². The van der Waals surface area contributed by atoms with Gasteiger partial charge >= 0.3 is 5.76 Å². The van der Waals surface area contributed by atoms with E-state index in [2.05, 4.69) is 14.6 Å². The van der Waals surface area contributed by atoms with Gasteiger partial charge in [-0.25, -0.2) is 17.9 Å². The summed E-state index contributed by atoms with van der Waals surface area (Å²) in [5.41, 5.74) is 0.693. The normalized spacial score (nSPS) is 17.1. The first-order chi connectivity index (χ1) is 10.5. The Kier molecular flexibility index (Phi) is 4.30. The summed E-state index contributed by atoms with van der Waals surface area (Å²) in [4.78, 5) is 15.8. The maximum Gasteiger partial charge on any atom is 0.417 e. The van der Waals surface area contributed by atoms with Gasteiger partial charge in [-0.15, -0.1) is 0 Å². The van der Waals surface area contributed by atoms with E-state index in [1.807, 2.05) is 0 Å². The third kappa shape index (κ3) is 3.38. The van der Waals surface area contributed by atoms with Crippen molar-refractivity contribution >= 4 is 21.1 Å². The van der Waals surface area contributed by atoms with Crippen LogP contribution in [0.25, 0.3) is 11.1 Å². The van der Waals surface area contributed by atoms with E-state index in [1.165, 1.54) is 18.2 Å². The lowest BCUT2D eigenvalue weighted by atomic mass is 10.3. The Hall–Kier alpha value is -1.68. The molecule has 0 spiro atoms. The number of oxazole rings is 1. The van der Waals surface area contributed by atoms with Crippen LogP contribution in [0.4, 0.5) is 0 Å². The van der Waals surface area contributed by atoms with Gasteiger partial charge in [-0.3, -0.25) is 9.88 Å². The summed E-state index contributed by atoms with van der Waals surface area (Å²) in [6.07, 6.45) is 0. The second kappa shape index (κ2) is 6.21. The third-order valence-corrected chi connectivity index (χ3v) is 4.99. The molecule has 0 atom stereocenters. The van der Waals surface area contributed by atoms with E-state index in [9.17, 15) is 13.2 Å². The van der Waals surface area contributed by atoms with Gasteiger partial charge in [-0.2, -0.15) is 0 Å². The van der Waals surface area contributed by atoms with Gasteiger partial charge in [0.2, 0.25) is 10.0 Å². The third-order valence-electron chi connectivity index (χ3n) is 3.53. The molecule has 0 amide bonds. The fraction of sp³-hybridized carbons (Fsp3) is 0.462. The summed E-state index contributed by atoms with van der Waals surface area (Å²) < 4.78 is 37.2. The molecule has 1 fully saturated rings. The molecule has 1 aliphatic rings. The van der Waals surface area contributed by atoms with E-state index in [4.69, 9.17) is 9.15 Å². The number of nitrogens with zero attached hydrogens (tertiary/aromatic N) is 1. The SMILES string of the molecule is O=c1[nH]c2ccc(S(=O)(=O)NCCN3CCOCC3)cc2o1. The zero-order valence-electron chi connectivity index (χ0n) is 11.9. The number of rotatable bonds is 5. The molecule has 2 N–H and O–H groups in total. The lowest BCUT2D eigenvalue weighted by Gasteiger charge is -2.26. The van der Waals surface area contributed by atoms with Crippen molar-refractivity contribution in [2.24, 2.45) is 0 Å². The molecule has 0 saturated carbocycles. The molecule has 1 aliphatic heterocycles. The first kappa shape index (κ1) is 15.2. The second-order valence-electron chi connectivity index (χ2n) is 5.02. The number of H-pyrrole nitrogens is 1. The topological polar surface area (TPSA) is 105 Å². The summed E-state index contributed by atoms with van der Waals surface area (Å²) in [7, 11) is -3.63. The number of hydrogen-bond acceptors (Lipinski definition) is 6. The zero-order chi connectivity index (χ0) is 15.6. The van der Waals surface area contributed by atoms with E-state index in [-0.39, 0.29) is 10.5 Å². The second-order valence-corrected chi connectivity index (χ2v) is 6.79. The van der Waals surface area contributed by atoms with Crippen LogP contribution in [-0.4, -0.2) is 57.7 Å². The van der Waals surface area contributed by atoms with Crippen LogP contribution in [-0.2, 0) is 14.8 Å². The number of aromatic nitrogens is 1. The minimum absolute atomic E-state index is 0.0738. The van der Waals surface area contributed by atoms with Crippen LogP contribution in [0.5, 0.6) is 0 Å². The molecule has 1 aromatic carbocycles. The van der Waals surface area contributed by atoms with Gasteiger partial charge in [-0.05, 0) is 12.1 Å². The molecule has 22 heavy (non-hydrogen) atoms. The lowest BCUT2D eigenvalue weighted by Crippen LogP contribution is -2.41. The first-order valence-corrected chi connectivity index (χ1v) is 8.45. The Morgan fingerprint density at radius 1 is 1.27 bits per heavy atom. The van der Waals surface area contributed by atoms with Crippen molar-refractivity contribution in [1.82, 2.24) is 14.6 Å². The number of ether oxygens (including phenoxy) is 1. The zero-order valence-corrected chi connectivity index (χ0v) is 12.7. The standard InChI is InChI=1S/C13H17N3O5S/c17-13-15-11-2-1-10(9-12(11)21-13)22(18,19)14-3-4-16-5-7-20-8-6-16/h1-2,9,14H,3-8H2,(H,15,17). The Morgan fingerprint density at radius 2 is 2.05 bits per heavy atom. The molecule has 3 rings (SSSR count). The monoisotopic (exact) mass is 327 g/mol. The van der Waals surface area contributed by atoms with E-state index in [1.54, 1.807) is 0 Å². The smallest absolute Gasteiger partial charge is 0.408 e. The van der Waals surface area contributed by atoms with Crippen LogP contribution in [0.15, 0.2) is 32.3 Å². The summed E-state index contributed by atoms with van der Waals surface area (Å²) in [5.74, 6) is -0.607. The average molecular weight is 327 g/mol. The summed E-state index contributed by atoms with van der Waals surface area (Å²) in [6, 6.07) is 4.28. The minimum Gasteiger partial charge on any atom is -0.408 e. The molecule has 0 radical (unpaired) electrons. The van der Waals surface area contributed by atoms with E-state index in [0.29, 0.717) is 31.8 Å². The first-order valence-electron chi connectivity index (χ1n) is 6.97. The van der Waals surface area contributed by atoms with E-state index >= 15 is 0 Å². The van der Waals surface area contributed by atoms with Gasteiger partial charge in [0, 0.05) is 32.2 Å².